The maximum absolute atomic E-state index is 12.2. The zero-order chi connectivity index (χ0) is 16.3. The lowest BCUT2D eigenvalue weighted by Gasteiger charge is -2.28. The van der Waals surface area contributed by atoms with Crippen LogP contribution in [0.15, 0.2) is 36.7 Å². The molecule has 0 aliphatic heterocycles. The quantitative estimate of drug-likeness (QED) is 0.811. The molecule has 3 rings (SSSR count). The minimum absolute atomic E-state index is 0.0201. The van der Waals surface area contributed by atoms with Gasteiger partial charge < -0.3 is 20.3 Å². The summed E-state index contributed by atoms with van der Waals surface area (Å²) in [5.41, 5.74) is 1.17. The number of aliphatic hydroxyl groups excluding tert-OH is 1. The summed E-state index contributed by atoms with van der Waals surface area (Å²) in [7, 11) is 1.93. The number of hydrogen-bond acceptors (Lipinski definition) is 3. The summed E-state index contributed by atoms with van der Waals surface area (Å²) in [6, 6.07) is 7.29. The first-order chi connectivity index (χ1) is 11.1. The lowest BCUT2D eigenvalue weighted by atomic mass is 9.99. The number of urea groups is 1. The van der Waals surface area contributed by atoms with Crippen molar-refractivity contribution in [1.29, 1.82) is 0 Å². The molecule has 2 aromatic rings. The number of amides is 2. The molecule has 2 amide bonds. The number of nitrogens with zero attached hydrogens (tertiary/aromatic N) is 2. The van der Waals surface area contributed by atoms with Gasteiger partial charge in [0.25, 0.3) is 0 Å². The molecule has 1 aliphatic carbocycles. The highest BCUT2D eigenvalue weighted by Crippen LogP contribution is 2.29. The van der Waals surface area contributed by atoms with Crippen LogP contribution in [0, 0.1) is 0 Å². The van der Waals surface area contributed by atoms with E-state index < -0.39 is 5.54 Å². The monoisotopic (exact) mass is 314 g/mol. The number of anilines is 1. The second-order valence-electron chi connectivity index (χ2n) is 6.17. The zero-order valence-electron chi connectivity index (χ0n) is 13.2. The standard InChI is InChI=1S/C17H22N4O2/c1-21-10-9-18-15(21)13-5-4-6-14(11-13)19-16(23)20-17(12-22)7-2-3-8-17/h4-6,9-11,22H,2-3,7-8,12H2,1H3,(H2,19,20,23). The Morgan fingerprint density at radius 3 is 2.83 bits per heavy atom. The Labute approximate surface area is 135 Å². The van der Waals surface area contributed by atoms with Crippen LogP contribution in [0.1, 0.15) is 25.7 Å². The molecule has 1 fully saturated rings. The zero-order valence-corrected chi connectivity index (χ0v) is 13.2. The number of aliphatic hydroxyl groups is 1. The van der Waals surface area contributed by atoms with Crippen molar-refractivity contribution in [2.75, 3.05) is 11.9 Å². The molecule has 0 spiro atoms. The molecule has 3 N–H and O–H groups in total. The molecule has 0 bridgehead atoms. The smallest absolute Gasteiger partial charge is 0.319 e. The van der Waals surface area contributed by atoms with Crippen LogP contribution in [0.2, 0.25) is 0 Å². The lowest BCUT2D eigenvalue weighted by molar-refractivity contribution is 0.167. The van der Waals surface area contributed by atoms with E-state index in [1.165, 1.54) is 0 Å². The number of rotatable bonds is 4. The number of carbonyl (C=O) groups excluding carboxylic acids is 1. The van der Waals surface area contributed by atoms with Crippen LogP contribution >= 0.6 is 0 Å². The molecule has 1 saturated carbocycles. The maximum Gasteiger partial charge on any atom is 0.319 e. The van der Waals surface area contributed by atoms with Gasteiger partial charge >= 0.3 is 6.03 Å². The molecule has 0 saturated heterocycles. The molecule has 1 aromatic heterocycles. The molecule has 122 valence electrons. The Kier molecular flexibility index (Phi) is 4.34. The van der Waals surface area contributed by atoms with Gasteiger partial charge in [-0.2, -0.15) is 0 Å². The largest absolute Gasteiger partial charge is 0.394 e. The van der Waals surface area contributed by atoms with E-state index in [0.29, 0.717) is 5.69 Å². The van der Waals surface area contributed by atoms with Gasteiger partial charge in [0, 0.05) is 30.7 Å². The van der Waals surface area contributed by atoms with E-state index in [1.807, 2.05) is 42.1 Å². The Morgan fingerprint density at radius 1 is 1.39 bits per heavy atom. The summed E-state index contributed by atoms with van der Waals surface area (Å²) < 4.78 is 1.93. The fourth-order valence-corrected chi connectivity index (χ4v) is 3.16. The molecule has 0 radical (unpaired) electrons. The van der Waals surface area contributed by atoms with E-state index in [1.54, 1.807) is 6.20 Å². The summed E-state index contributed by atoms with van der Waals surface area (Å²) >= 11 is 0. The van der Waals surface area contributed by atoms with Gasteiger partial charge in [-0.3, -0.25) is 0 Å². The number of aromatic nitrogens is 2. The Balaban J connectivity index is 1.71. The van der Waals surface area contributed by atoms with Gasteiger partial charge in [-0.05, 0) is 25.0 Å². The van der Waals surface area contributed by atoms with Crippen molar-refractivity contribution >= 4 is 11.7 Å². The number of hydrogen-bond donors (Lipinski definition) is 3. The molecule has 0 atom stereocenters. The first-order valence-corrected chi connectivity index (χ1v) is 7.90. The summed E-state index contributed by atoms with van der Waals surface area (Å²) in [5.74, 6) is 0.844. The van der Waals surface area contributed by atoms with Crippen LogP contribution in [0.25, 0.3) is 11.4 Å². The van der Waals surface area contributed by atoms with E-state index >= 15 is 0 Å². The Hall–Kier alpha value is -2.34. The van der Waals surface area contributed by atoms with Crippen molar-refractivity contribution in [1.82, 2.24) is 14.9 Å². The summed E-state index contributed by atoms with van der Waals surface area (Å²) in [5, 5.41) is 15.4. The average molecular weight is 314 g/mol. The van der Waals surface area contributed by atoms with Crippen molar-refractivity contribution in [3.8, 4) is 11.4 Å². The van der Waals surface area contributed by atoms with Gasteiger partial charge in [0.05, 0.1) is 12.1 Å². The third-order valence-electron chi connectivity index (χ3n) is 4.44. The molecular weight excluding hydrogens is 292 g/mol. The maximum atomic E-state index is 12.2. The van der Waals surface area contributed by atoms with Gasteiger partial charge in [-0.1, -0.05) is 25.0 Å². The number of carbonyl (C=O) groups is 1. The van der Waals surface area contributed by atoms with Crippen LogP contribution in [0.3, 0.4) is 0 Å². The second-order valence-corrected chi connectivity index (χ2v) is 6.17. The van der Waals surface area contributed by atoms with Crippen LogP contribution in [0.4, 0.5) is 10.5 Å². The molecule has 6 heteroatoms. The fraction of sp³-hybridized carbons (Fsp3) is 0.412. The third-order valence-corrected chi connectivity index (χ3v) is 4.44. The summed E-state index contributed by atoms with van der Waals surface area (Å²) in [4.78, 5) is 16.6. The SMILES string of the molecule is Cn1ccnc1-c1cccc(NC(=O)NC2(CO)CCCC2)c1. The van der Waals surface area contributed by atoms with Crippen LogP contribution < -0.4 is 10.6 Å². The minimum atomic E-state index is -0.471. The Morgan fingerprint density at radius 2 is 2.17 bits per heavy atom. The highest BCUT2D eigenvalue weighted by Gasteiger charge is 2.34. The number of benzene rings is 1. The van der Waals surface area contributed by atoms with Crippen molar-refractivity contribution < 1.29 is 9.90 Å². The summed E-state index contributed by atoms with van der Waals surface area (Å²) in [6.45, 7) is -0.0201. The van der Waals surface area contributed by atoms with Crippen molar-refractivity contribution in [2.24, 2.45) is 7.05 Å². The first kappa shape index (κ1) is 15.6. The fourth-order valence-electron chi connectivity index (χ4n) is 3.16. The number of imidazole rings is 1. The van der Waals surface area contributed by atoms with Crippen molar-refractivity contribution in [3.05, 3.63) is 36.7 Å². The predicted molar refractivity (Wildman–Crippen MR) is 89.1 cm³/mol. The van der Waals surface area contributed by atoms with Crippen molar-refractivity contribution in [3.63, 3.8) is 0 Å². The van der Waals surface area contributed by atoms with E-state index in [2.05, 4.69) is 15.6 Å². The van der Waals surface area contributed by atoms with E-state index in [-0.39, 0.29) is 12.6 Å². The normalized spacial score (nSPS) is 16.3. The number of aryl methyl sites for hydroxylation is 1. The summed E-state index contributed by atoms with van der Waals surface area (Å²) in [6.07, 6.45) is 7.35. The second kappa shape index (κ2) is 6.42. The number of nitrogens with one attached hydrogen (secondary N) is 2. The van der Waals surface area contributed by atoms with Gasteiger partial charge in [0.2, 0.25) is 0 Å². The van der Waals surface area contributed by atoms with Gasteiger partial charge in [0.1, 0.15) is 5.82 Å². The predicted octanol–water partition coefficient (Wildman–Crippen LogP) is 2.51. The topological polar surface area (TPSA) is 79.2 Å². The van der Waals surface area contributed by atoms with Crippen molar-refractivity contribution in [2.45, 2.75) is 31.2 Å². The first-order valence-electron chi connectivity index (χ1n) is 7.90. The van der Waals surface area contributed by atoms with Crippen LogP contribution in [-0.4, -0.2) is 32.8 Å². The molecule has 23 heavy (non-hydrogen) atoms. The van der Waals surface area contributed by atoms with Gasteiger partial charge in [-0.25, -0.2) is 9.78 Å². The third kappa shape index (κ3) is 3.37. The molecule has 1 aliphatic rings. The minimum Gasteiger partial charge on any atom is -0.394 e. The van der Waals surface area contributed by atoms with Crippen LogP contribution in [0.5, 0.6) is 0 Å². The van der Waals surface area contributed by atoms with E-state index in [0.717, 1.165) is 37.1 Å². The van der Waals surface area contributed by atoms with E-state index in [9.17, 15) is 9.90 Å². The van der Waals surface area contributed by atoms with Gasteiger partial charge in [0.15, 0.2) is 0 Å². The van der Waals surface area contributed by atoms with Crippen LogP contribution in [-0.2, 0) is 7.05 Å². The highest BCUT2D eigenvalue weighted by atomic mass is 16.3. The highest BCUT2D eigenvalue weighted by molar-refractivity contribution is 5.90. The molecule has 6 nitrogen and oxygen atoms in total. The molecular formula is C17H22N4O2. The lowest BCUT2D eigenvalue weighted by Crippen LogP contribution is -2.50. The molecule has 1 heterocycles. The molecule has 0 unspecified atom stereocenters. The van der Waals surface area contributed by atoms with E-state index in [4.69, 9.17) is 0 Å². The average Bonchev–Trinajstić information content (AvgIpc) is 3.17. The molecule has 1 aromatic carbocycles. The van der Waals surface area contributed by atoms with Gasteiger partial charge in [-0.15, -0.1) is 0 Å². The Bertz CT molecular complexity index is 689.